The number of amides is 2. The quantitative estimate of drug-likeness (QED) is 0.831. The van der Waals surface area contributed by atoms with Crippen LogP contribution in [0.2, 0.25) is 0 Å². The van der Waals surface area contributed by atoms with Gasteiger partial charge in [-0.15, -0.1) is 10.2 Å². The molecule has 0 unspecified atom stereocenters. The Morgan fingerprint density at radius 1 is 1.17 bits per heavy atom. The van der Waals surface area contributed by atoms with E-state index in [2.05, 4.69) is 25.0 Å². The molecule has 23 heavy (non-hydrogen) atoms. The summed E-state index contributed by atoms with van der Waals surface area (Å²) >= 11 is 0. The van der Waals surface area contributed by atoms with Gasteiger partial charge in [0.2, 0.25) is 0 Å². The highest BCUT2D eigenvalue weighted by atomic mass is 16.5. The molecule has 0 aromatic carbocycles. The fourth-order valence-corrected chi connectivity index (χ4v) is 3.23. The first-order valence-corrected chi connectivity index (χ1v) is 8.43. The van der Waals surface area contributed by atoms with E-state index in [0.717, 1.165) is 76.8 Å². The molecule has 1 aromatic rings. The first-order valence-electron chi connectivity index (χ1n) is 8.43. The van der Waals surface area contributed by atoms with Crippen molar-refractivity contribution in [1.29, 1.82) is 0 Å². The molecule has 2 aliphatic heterocycles. The molecule has 0 aliphatic carbocycles. The molecule has 0 spiro atoms. The SMILES string of the molecule is COCCN1CCCN(C(=O)NCc2nnc3n2CCC3)CC1. The summed E-state index contributed by atoms with van der Waals surface area (Å²) in [6.07, 6.45) is 3.11. The fraction of sp³-hybridized carbons (Fsp3) is 0.800. The number of aromatic nitrogens is 3. The van der Waals surface area contributed by atoms with E-state index in [0.29, 0.717) is 6.54 Å². The molecule has 2 aliphatic rings. The van der Waals surface area contributed by atoms with Crippen LogP contribution in [-0.2, 0) is 24.2 Å². The van der Waals surface area contributed by atoms with Gasteiger partial charge in [-0.2, -0.15) is 0 Å². The van der Waals surface area contributed by atoms with Crippen molar-refractivity contribution in [2.24, 2.45) is 0 Å². The van der Waals surface area contributed by atoms with Crippen LogP contribution < -0.4 is 5.32 Å². The maximum Gasteiger partial charge on any atom is 0.317 e. The number of carbonyl (C=O) groups excluding carboxylic acids is 1. The summed E-state index contributed by atoms with van der Waals surface area (Å²) in [4.78, 5) is 16.6. The average molecular weight is 322 g/mol. The number of urea groups is 1. The Morgan fingerprint density at radius 3 is 2.96 bits per heavy atom. The van der Waals surface area contributed by atoms with Crippen LogP contribution in [0.15, 0.2) is 0 Å². The van der Waals surface area contributed by atoms with Crippen LogP contribution in [0.3, 0.4) is 0 Å². The Labute approximate surface area is 136 Å². The second-order valence-electron chi connectivity index (χ2n) is 6.12. The third kappa shape index (κ3) is 4.00. The van der Waals surface area contributed by atoms with Gasteiger partial charge in [0.05, 0.1) is 13.2 Å². The van der Waals surface area contributed by atoms with Crippen LogP contribution in [-0.4, -0.2) is 77.0 Å². The van der Waals surface area contributed by atoms with E-state index in [1.54, 1.807) is 7.11 Å². The lowest BCUT2D eigenvalue weighted by atomic mass is 10.4. The first-order chi connectivity index (χ1) is 11.3. The third-order valence-electron chi connectivity index (χ3n) is 4.57. The predicted molar refractivity (Wildman–Crippen MR) is 85.1 cm³/mol. The average Bonchev–Trinajstić information content (AvgIpc) is 3.08. The lowest BCUT2D eigenvalue weighted by Gasteiger charge is -2.22. The number of nitrogens with zero attached hydrogens (tertiary/aromatic N) is 5. The maximum atomic E-state index is 12.4. The molecule has 1 N–H and O–H groups in total. The highest BCUT2D eigenvalue weighted by Crippen LogP contribution is 2.13. The summed E-state index contributed by atoms with van der Waals surface area (Å²) < 4.78 is 7.25. The van der Waals surface area contributed by atoms with Crippen LogP contribution in [0.1, 0.15) is 24.5 Å². The van der Waals surface area contributed by atoms with Gasteiger partial charge in [0.1, 0.15) is 5.82 Å². The lowest BCUT2D eigenvalue weighted by molar-refractivity contribution is 0.149. The Hall–Kier alpha value is -1.67. The van der Waals surface area contributed by atoms with Gasteiger partial charge in [-0.25, -0.2) is 4.79 Å². The zero-order valence-corrected chi connectivity index (χ0v) is 13.8. The van der Waals surface area contributed by atoms with Crippen molar-refractivity contribution >= 4 is 6.03 Å². The molecule has 1 fully saturated rings. The number of hydrogen-bond acceptors (Lipinski definition) is 5. The van der Waals surface area contributed by atoms with Gasteiger partial charge in [-0.1, -0.05) is 0 Å². The second kappa shape index (κ2) is 7.74. The molecule has 0 atom stereocenters. The Morgan fingerprint density at radius 2 is 2.09 bits per heavy atom. The van der Waals surface area contributed by atoms with Gasteiger partial charge in [-0.3, -0.25) is 4.90 Å². The van der Waals surface area contributed by atoms with Crippen molar-refractivity contribution in [2.45, 2.75) is 32.4 Å². The summed E-state index contributed by atoms with van der Waals surface area (Å²) in [5.41, 5.74) is 0. The molecular formula is C15H26N6O2. The second-order valence-corrected chi connectivity index (χ2v) is 6.12. The topological polar surface area (TPSA) is 75.5 Å². The van der Waals surface area contributed by atoms with Crippen LogP contribution in [0.5, 0.6) is 0 Å². The van der Waals surface area contributed by atoms with Crippen molar-refractivity contribution in [2.75, 3.05) is 46.4 Å². The van der Waals surface area contributed by atoms with E-state index in [1.165, 1.54) is 0 Å². The molecular weight excluding hydrogens is 296 g/mol. The summed E-state index contributed by atoms with van der Waals surface area (Å²) in [6, 6.07) is -0.00561. The molecule has 1 saturated heterocycles. The Balaban J connectivity index is 1.46. The Kier molecular flexibility index (Phi) is 5.45. The summed E-state index contributed by atoms with van der Waals surface area (Å²) in [5, 5.41) is 11.3. The van der Waals surface area contributed by atoms with E-state index >= 15 is 0 Å². The van der Waals surface area contributed by atoms with Crippen molar-refractivity contribution in [3.8, 4) is 0 Å². The van der Waals surface area contributed by atoms with E-state index in [4.69, 9.17) is 4.74 Å². The van der Waals surface area contributed by atoms with Crippen molar-refractivity contribution in [1.82, 2.24) is 29.9 Å². The molecule has 0 radical (unpaired) electrons. The van der Waals surface area contributed by atoms with Crippen molar-refractivity contribution in [3.63, 3.8) is 0 Å². The van der Waals surface area contributed by atoms with Gasteiger partial charge < -0.3 is 19.5 Å². The third-order valence-corrected chi connectivity index (χ3v) is 4.57. The zero-order valence-electron chi connectivity index (χ0n) is 13.8. The normalized spacial score (nSPS) is 18.7. The van der Waals surface area contributed by atoms with Gasteiger partial charge in [-0.05, 0) is 19.4 Å². The van der Waals surface area contributed by atoms with Gasteiger partial charge in [0, 0.05) is 46.3 Å². The first kappa shape index (κ1) is 16.2. The van der Waals surface area contributed by atoms with Crippen LogP contribution in [0, 0.1) is 0 Å². The Bertz CT molecular complexity index is 532. The molecule has 3 rings (SSSR count). The van der Waals surface area contributed by atoms with E-state index in [1.807, 2.05) is 4.90 Å². The van der Waals surface area contributed by atoms with E-state index < -0.39 is 0 Å². The minimum Gasteiger partial charge on any atom is -0.383 e. The minimum absolute atomic E-state index is 0.00561. The summed E-state index contributed by atoms with van der Waals surface area (Å²) in [6.45, 7) is 6.56. The largest absolute Gasteiger partial charge is 0.383 e. The highest BCUT2D eigenvalue weighted by Gasteiger charge is 2.21. The molecule has 0 bridgehead atoms. The van der Waals surface area contributed by atoms with E-state index in [-0.39, 0.29) is 6.03 Å². The predicted octanol–water partition coefficient (Wildman–Crippen LogP) is 0.0880. The van der Waals surface area contributed by atoms with Crippen molar-refractivity contribution in [3.05, 3.63) is 11.6 Å². The van der Waals surface area contributed by atoms with E-state index in [9.17, 15) is 4.79 Å². The number of rotatable bonds is 5. The molecule has 0 saturated carbocycles. The molecule has 8 heteroatoms. The van der Waals surface area contributed by atoms with Crippen LogP contribution >= 0.6 is 0 Å². The number of nitrogens with one attached hydrogen (secondary N) is 1. The molecule has 3 heterocycles. The number of methoxy groups -OCH3 is 1. The maximum absolute atomic E-state index is 12.4. The highest BCUT2D eigenvalue weighted by molar-refractivity contribution is 5.74. The summed E-state index contributed by atoms with van der Waals surface area (Å²) in [7, 11) is 1.72. The number of hydrogen-bond donors (Lipinski definition) is 1. The van der Waals surface area contributed by atoms with Gasteiger partial charge >= 0.3 is 6.03 Å². The van der Waals surface area contributed by atoms with Gasteiger partial charge in [0.15, 0.2) is 5.82 Å². The number of aryl methyl sites for hydroxylation is 1. The van der Waals surface area contributed by atoms with Crippen LogP contribution in [0.25, 0.3) is 0 Å². The summed E-state index contributed by atoms with van der Waals surface area (Å²) in [5.74, 6) is 1.90. The fourth-order valence-electron chi connectivity index (χ4n) is 3.23. The number of ether oxygens (including phenoxy) is 1. The van der Waals surface area contributed by atoms with Crippen molar-refractivity contribution < 1.29 is 9.53 Å². The molecule has 8 nitrogen and oxygen atoms in total. The zero-order chi connectivity index (χ0) is 16.1. The minimum atomic E-state index is -0.00561. The van der Waals surface area contributed by atoms with Gasteiger partial charge in [0.25, 0.3) is 0 Å². The number of fused-ring (bicyclic) bond motifs is 1. The molecule has 1 aromatic heterocycles. The molecule has 2 amide bonds. The van der Waals surface area contributed by atoms with Crippen LogP contribution in [0.4, 0.5) is 4.79 Å². The molecule has 128 valence electrons. The lowest BCUT2D eigenvalue weighted by Crippen LogP contribution is -2.42. The smallest absolute Gasteiger partial charge is 0.317 e. The standard InChI is InChI=1S/C15H26N6O2/c1-23-11-10-19-5-3-6-20(9-8-19)15(22)16-12-14-18-17-13-4-2-7-21(13)14/h2-12H2,1H3,(H,16,22). The monoisotopic (exact) mass is 322 g/mol. The number of carbonyl (C=O) groups is 1.